The van der Waals surface area contributed by atoms with E-state index in [4.69, 9.17) is 4.74 Å². The van der Waals surface area contributed by atoms with Gasteiger partial charge < -0.3 is 14.9 Å². The minimum atomic E-state index is -0.980. The number of carbonyl (C=O) groups is 1. The first-order valence-corrected chi connectivity index (χ1v) is 6.69. The molecule has 1 aromatic rings. The van der Waals surface area contributed by atoms with Gasteiger partial charge >= 0.3 is 5.97 Å². The summed E-state index contributed by atoms with van der Waals surface area (Å²) < 4.78 is 5.31. The predicted octanol–water partition coefficient (Wildman–Crippen LogP) is 2.59. The maximum Gasteiger partial charge on any atom is 0.325 e. The molecule has 0 amide bonds. The van der Waals surface area contributed by atoms with E-state index in [0.29, 0.717) is 25.3 Å². The van der Waals surface area contributed by atoms with Gasteiger partial charge in [-0.1, -0.05) is 18.2 Å². The molecule has 0 aliphatic carbocycles. The fourth-order valence-corrected chi connectivity index (χ4v) is 2.10. The fraction of sp³-hybridized carbons (Fsp3) is 0.312. The average molecular weight is 291 g/mol. The number of phenolic OH excluding ortho intramolecular Hbond substituents is 1. The van der Waals surface area contributed by atoms with E-state index in [1.165, 1.54) is 6.07 Å². The van der Waals surface area contributed by atoms with Crippen molar-refractivity contribution < 1.29 is 19.7 Å². The summed E-state index contributed by atoms with van der Waals surface area (Å²) in [5.74, 6) is -0.714. The summed E-state index contributed by atoms with van der Waals surface area (Å²) in [6.07, 6.45) is 3.28. The Labute approximate surface area is 124 Å². The molecule has 0 aromatic heterocycles. The van der Waals surface area contributed by atoms with E-state index >= 15 is 0 Å². The Kier molecular flexibility index (Phi) is 6.49. The van der Waals surface area contributed by atoms with Crippen molar-refractivity contribution in [2.45, 2.75) is 13.0 Å². The number of benzene rings is 1. The van der Waals surface area contributed by atoms with Crippen molar-refractivity contribution in [1.29, 1.82) is 0 Å². The third-order valence-electron chi connectivity index (χ3n) is 2.93. The van der Waals surface area contributed by atoms with Gasteiger partial charge in [-0.3, -0.25) is 9.69 Å². The molecular weight excluding hydrogens is 270 g/mol. The van der Waals surface area contributed by atoms with Gasteiger partial charge in [0.25, 0.3) is 0 Å². The number of aliphatic carboxylic acids is 1. The van der Waals surface area contributed by atoms with Crippen LogP contribution in [0, 0.1) is 0 Å². The first-order chi connectivity index (χ1) is 10.0. The molecule has 0 aliphatic heterocycles. The number of hydrogen-bond acceptors (Lipinski definition) is 4. The van der Waals surface area contributed by atoms with Crippen LogP contribution in [0.15, 0.2) is 43.5 Å². The number of carboxylic acid groups (broad SMARTS) is 1. The first kappa shape index (κ1) is 16.8. The average Bonchev–Trinajstić information content (AvgIpc) is 2.43. The van der Waals surface area contributed by atoms with Crippen LogP contribution >= 0.6 is 0 Å². The highest BCUT2D eigenvalue weighted by Crippen LogP contribution is 2.31. The zero-order valence-corrected chi connectivity index (χ0v) is 12.2. The van der Waals surface area contributed by atoms with Crippen LogP contribution in [0.4, 0.5) is 0 Å². The van der Waals surface area contributed by atoms with Gasteiger partial charge in [0.1, 0.15) is 6.04 Å². The van der Waals surface area contributed by atoms with E-state index in [-0.39, 0.29) is 11.5 Å². The highest BCUT2D eigenvalue weighted by molar-refractivity contribution is 5.76. The summed E-state index contributed by atoms with van der Waals surface area (Å²) in [7, 11) is 0. The summed E-state index contributed by atoms with van der Waals surface area (Å²) in [4.78, 5) is 13.3. The molecule has 0 saturated heterocycles. The number of aromatic hydroxyl groups is 1. The lowest BCUT2D eigenvalue weighted by Gasteiger charge is -2.27. The molecule has 1 rings (SSSR count). The first-order valence-electron chi connectivity index (χ1n) is 6.69. The molecule has 0 bridgehead atoms. The van der Waals surface area contributed by atoms with E-state index in [9.17, 15) is 15.0 Å². The predicted molar refractivity (Wildman–Crippen MR) is 81.6 cm³/mol. The van der Waals surface area contributed by atoms with Crippen molar-refractivity contribution in [3.8, 4) is 11.5 Å². The topological polar surface area (TPSA) is 70.0 Å². The van der Waals surface area contributed by atoms with Gasteiger partial charge in [0.15, 0.2) is 11.5 Å². The van der Waals surface area contributed by atoms with Crippen molar-refractivity contribution >= 4 is 5.97 Å². The minimum absolute atomic E-state index is 0.0104. The van der Waals surface area contributed by atoms with Gasteiger partial charge in [0.2, 0.25) is 0 Å². The number of ether oxygens (including phenoxy) is 1. The molecule has 1 unspecified atom stereocenters. The number of nitrogens with zero attached hydrogens (tertiary/aromatic N) is 1. The Morgan fingerprint density at radius 3 is 2.48 bits per heavy atom. The number of rotatable bonds is 9. The normalized spacial score (nSPS) is 11.9. The molecule has 1 atom stereocenters. The van der Waals surface area contributed by atoms with Crippen LogP contribution in [0.2, 0.25) is 0 Å². The number of carboxylic acids is 1. The molecule has 0 fully saturated rings. The van der Waals surface area contributed by atoms with Crippen LogP contribution in [0.5, 0.6) is 11.5 Å². The summed E-state index contributed by atoms with van der Waals surface area (Å²) in [6.45, 7) is 10.3. The lowest BCUT2D eigenvalue weighted by molar-refractivity contribution is -0.143. The third kappa shape index (κ3) is 4.36. The summed E-state index contributed by atoms with van der Waals surface area (Å²) in [6, 6.07) is 3.71. The molecule has 21 heavy (non-hydrogen) atoms. The Balaban J connectivity index is 3.20. The number of phenols is 1. The van der Waals surface area contributed by atoms with Gasteiger partial charge in [0, 0.05) is 13.1 Å². The number of hydrogen-bond donors (Lipinski definition) is 2. The van der Waals surface area contributed by atoms with Gasteiger partial charge in [-0.15, -0.1) is 13.2 Å². The van der Waals surface area contributed by atoms with E-state index < -0.39 is 12.0 Å². The van der Waals surface area contributed by atoms with E-state index in [1.807, 2.05) is 0 Å². The fourth-order valence-electron chi connectivity index (χ4n) is 2.10. The summed E-state index contributed by atoms with van der Waals surface area (Å²) in [5, 5.41) is 19.2. The quantitative estimate of drug-likeness (QED) is 0.684. The second kappa shape index (κ2) is 8.11. The zero-order chi connectivity index (χ0) is 15.8. The molecule has 0 saturated carbocycles. The van der Waals surface area contributed by atoms with Crippen molar-refractivity contribution in [2.75, 3.05) is 19.7 Å². The molecule has 5 heteroatoms. The van der Waals surface area contributed by atoms with E-state index in [2.05, 4.69) is 13.2 Å². The molecular formula is C16H21NO4. The summed E-state index contributed by atoms with van der Waals surface area (Å²) >= 11 is 0. The smallest absolute Gasteiger partial charge is 0.325 e. The molecule has 5 nitrogen and oxygen atoms in total. The van der Waals surface area contributed by atoms with E-state index in [0.717, 1.165) is 0 Å². The third-order valence-corrected chi connectivity index (χ3v) is 2.93. The van der Waals surface area contributed by atoms with Crippen molar-refractivity contribution in [2.24, 2.45) is 0 Å². The molecule has 0 radical (unpaired) electrons. The molecule has 0 aliphatic rings. The van der Waals surface area contributed by atoms with Crippen molar-refractivity contribution in [3.63, 3.8) is 0 Å². The van der Waals surface area contributed by atoms with Gasteiger partial charge in [-0.25, -0.2) is 0 Å². The van der Waals surface area contributed by atoms with E-state index in [1.54, 1.807) is 36.1 Å². The minimum Gasteiger partial charge on any atom is -0.504 e. The second-order valence-corrected chi connectivity index (χ2v) is 4.43. The van der Waals surface area contributed by atoms with Gasteiger partial charge in [-0.05, 0) is 24.6 Å². The van der Waals surface area contributed by atoms with Crippen LogP contribution < -0.4 is 4.74 Å². The SMILES string of the molecule is C=CCN(CC=C)C(C(=O)O)c1ccc(O)c(OCC)c1. The molecule has 1 aromatic carbocycles. The van der Waals surface area contributed by atoms with Gasteiger partial charge in [-0.2, -0.15) is 0 Å². The van der Waals surface area contributed by atoms with Crippen LogP contribution in [0.3, 0.4) is 0 Å². The second-order valence-electron chi connectivity index (χ2n) is 4.43. The Morgan fingerprint density at radius 2 is 2.00 bits per heavy atom. The lowest BCUT2D eigenvalue weighted by Crippen LogP contribution is -2.34. The van der Waals surface area contributed by atoms with Crippen molar-refractivity contribution in [1.82, 2.24) is 4.90 Å². The standard InChI is InChI=1S/C16H21NO4/c1-4-9-17(10-5-2)15(16(19)20)12-7-8-13(18)14(11-12)21-6-3/h4-5,7-8,11,15,18H,1-2,6,9-10H2,3H3,(H,19,20). The molecule has 114 valence electrons. The Hall–Kier alpha value is -2.27. The van der Waals surface area contributed by atoms with Gasteiger partial charge in [0.05, 0.1) is 6.61 Å². The Morgan fingerprint density at radius 1 is 1.38 bits per heavy atom. The van der Waals surface area contributed by atoms with Crippen LogP contribution in [-0.2, 0) is 4.79 Å². The molecule has 0 spiro atoms. The maximum absolute atomic E-state index is 11.6. The largest absolute Gasteiger partial charge is 0.504 e. The highest BCUT2D eigenvalue weighted by atomic mass is 16.5. The molecule has 2 N–H and O–H groups in total. The molecule has 0 heterocycles. The lowest BCUT2D eigenvalue weighted by atomic mass is 10.0. The van der Waals surface area contributed by atoms with Crippen LogP contribution in [0.1, 0.15) is 18.5 Å². The van der Waals surface area contributed by atoms with Crippen LogP contribution in [0.25, 0.3) is 0 Å². The summed E-state index contributed by atoms with van der Waals surface area (Å²) in [5.41, 5.74) is 0.535. The maximum atomic E-state index is 11.6. The zero-order valence-electron chi connectivity index (χ0n) is 12.2. The monoisotopic (exact) mass is 291 g/mol. The highest BCUT2D eigenvalue weighted by Gasteiger charge is 2.26. The van der Waals surface area contributed by atoms with Crippen LogP contribution in [-0.4, -0.2) is 40.8 Å². The Bertz CT molecular complexity index is 503. The van der Waals surface area contributed by atoms with Crippen molar-refractivity contribution in [3.05, 3.63) is 49.1 Å².